The van der Waals surface area contributed by atoms with Gasteiger partial charge in [0.25, 0.3) is 0 Å². The van der Waals surface area contributed by atoms with E-state index in [4.69, 9.17) is 9.47 Å². The Labute approximate surface area is 146 Å². The van der Waals surface area contributed by atoms with Crippen molar-refractivity contribution in [3.05, 3.63) is 65.2 Å². The molecule has 2 aromatic carbocycles. The van der Waals surface area contributed by atoms with E-state index >= 15 is 0 Å². The Hall–Kier alpha value is -2.95. The molecule has 0 saturated heterocycles. The molecule has 0 spiro atoms. The number of aromatic nitrogens is 2. The minimum Gasteiger partial charge on any atom is -0.496 e. The summed E-state index contributed by atoms with van der Waals surface area (Å²) in [5.41, 5.74) is 2.93. The summed E-state index contributed by atoms with van der Waals surface area (Å²) in [7, 11) is 1.67. The molecule has 0 bridgehead atoms. The second-order valence-electron chi connectivity index (χ2n) is 5.71. The van der Waals surface area contributed by atoms with Crippen LogP contribution in [0.4, 0.5) is 0 Å². The zero-order valence-electron chi connectivity index (χ0n) is 14.6. The summed E-state index contributed by atoms with van der Waals surface area (Å²) in [5, 5.41) is 2.18. The molecule has 0 aliphatic heterocycles. The van der Waals surface area contributed by atoms with Crippen LogP contribution in [0.3, 0.4) is 0 Å². The topological polar surface area (TPSA) is 61.3 Å². The van der Waals surface area contributed by atoms with Gasteiger partial charge in [-0.3, -0.25) is 0 Å². The van der Waals surface area contributed by atoms with Crippen LogP contribution in [-0.4, -0.2) is 29.7 Å². The van der Waals surface area contributed by atoms with E-state index in [0.717, 1.165) is 33.3 Å². The van der Waals surface area contributed by atoms with Crippen LogP contribution in [0.25, 0.3) is 10.8 Å². The van der Waals surface area contributed by atoms with Crippen molar-refractivity contribution in [3.63, 3.8) is 0 Å². The highest BCUT2D eigenvalue weighted by molar-refractivity contribution is 5.90. The summed E-state index contributed by atoms with van der Waals surface area (Å²) in [6.07, 6.45) is 1.99. The van der Waals surface area contributed by atoms with E-state index in [1.54, 1.807) is 14.0 Å². The molecule has 1 heterocycles. The molecule has 3 rings (SSSR count). The van der Waals surface area contributed by atoms with Crippen molar-refractivity contribution in [3.8, 4) is 5.75 Å². The van der Waals surface area contributed by atoms with E-state index in [1.807, 2.05) is 31.2 Å². The van der Waals surface area contributed by atoms with E-state index in [1.165, 1.54) is 6.33 Å². The first-order chi connectivity index (χ1) is 12.1. The van der Waals surface area contributed by atoms with Crippen LogP contribution < -0.4 is 4.74 Å². The minimum atomic E-state index is -0.417. The van der Waals surface area contributed by atoms with E-state index in [2.05, 4.69) is 22.1 Å². The molecule has 3 aromatic rings. The van der Waals surface area contributed by atoms with E-state index < -0.39 is 5.97 Å². The zero-order valence-corrected chi connectivity index (χ0v) is 14.6. The van der Waals surface area contributed by atoms with Gasteiger partial charge >= 0.3 is 5.97 Å². The van der Waals surface area contributed by atoms with Crippen LogP contribution in [0.15, 0.2) is 42.7 Å². The number of hydrogen-bond acceptors (Lipinski definition) is 5. The van der Waals surface area contributed by atoms with Crippen molar-refractivity contribution in [2.45, 2.75) is 20.3 Å². The Morgan fingerprint density at radius 2 is 1.96 bits per heavy atom. The summed E-state index contributed by atoms with van der Waals surface area (Å²) >= 11 is 0. The molecule has 128 valence electrons. The van der Waals surface area contributed by atoms with E-state index in [-0.39, 0.29) is 0 Å². The maximum absolute atomic E-state index is 12.0. The molecular formula is C20H20N2O3. The largest absolute Gasteiger partial charge is 0.496 e. The van der Waals surface area contributed by atoms with Gasteiger partial charge < -0.3 is 9.47 Å². The molecule has 0 radical (unpaired) electrons. The highest BCUT2D eigenvalue weighted by Gasteiger charge is 2.16. The van der Waals surface area contributed by atoms with Gasteiger partial charge in [0.05, 0.1) is 19.4 Å². The van der Waals surface area contributed by atoms with Gasteiger partial charge in [-0.2, -0.15) is 0 Å². The van der Waals surface area contributed by atoms with Crippen molar-refractivity contribution >= 4 is 16.7 Å². The molecule has 0 atom stereocenters. The van der Waals surface area contributed by atoms with Crippen molar-refractivity contribution in [2.24, 2.45) is 0 Å². The SMILES string of the molecule is CCOC(=O)c1ncnc(Cc2cc(OC)c3ccccc3c2)c1C. The molecule has 0 aliphatic rings. The summed E-state index contributed by atoms with van der Waals surface area (Å²) in [5.74, 6) is 0.408. The molecule has 0 amide bonds. The minimum absolute atomic E-state index is 0.319. The lowest BCUT2D eigenvalue weighted by Gasteiger charge is -2.11. The Morgan fingerprint density at radius 1 is 1.16 bits per heavy atom. The average molecular weight is 336 g/mol. The second-order valence-corrected chi connectivity index (χ2v) is 5.71. The fourth-order valence-corrected chi connectivity index (χ4v) is 2.87. The first kappa shape index (κ1) is 16.9. The third-order valence-corrected chi connectivity index (χ3v) is 4.13. The number of carbonyl (C=O) groups is 1. The lowest BCUT2D eigenvalue weighted by molar-refractivity contribution is 0.0518. The Bertz CT molecular complexity index is 922. The third-order valence-electron chi connectivity index (χ3n) is 4.13. The molecule has 0 saturated carbocycles. The van der Waals surface area contributed by atoms with Crippen molar-refractivity contribution in [1.82, 2.24) is 9.97 Å². The predicted octanol–water partition coefficient (Wildman–Crippen LogP) is 3.71. The van der Waals surface area contributed by atoms with Gasteiger partial charge in [-0.05, 0) is 30.9 Å². The number of ether oxygens (including phenoxy) is 2. The number of carbonyl (C=O) groups excluding carboxylic acids is 1. The van der Waals surface area contributed by atoms with Crippen molar-refractivity contribution in [2.75, 3.05) is 13.7 Å². The highest BCUT2D eigenvalue weighted by atomic mass is 16.5. The summed E-state index contributed by atoms with van der Waals surface area (Å²) in [6.45, 7) is 3.94. The molecule has 0 fully saturated rings. The number of esters is 1. The number of hydrogen-bond donors (Lipinski definition) is 0. The summed E-state index contributed by atoms with van der Waals surface area (Å²) in [6, 6.07) is 12.2. The molecule has 25 heavy (non-hydrogen) atoms. The molecule has 0 unspecified atom stereocenters. The zero-order chi connectivity index (χ0) is 17.8. The Kier molecular flexibility index (Phi) is 4.93. The first-order valence-electron chi connectivity index (χ1n) is 8.17. The van der Waals surface area contributed by atoms with Crippen LogP contribution >= 0.6 is 0 Å². The van der Waals surface area contributed by atoms with Gasteiger partial charge in [0, 0.05) is 17.4 Å². The molecule has 5 heteroatoms. The van der Waals surface area contributed by atoms with Gasteiger partial charge in [-0.25, -0.2) is 14.8 Å². The molecular weight excluding hydrogens is 316 g/mol. The maximum atomic E-state index is 12.0. The lowest BCUT2D eigenvalue weighted by atomic mass is 10.0. The molecule has 0 N–H and O–H groups in total. The smallest absolute Gasteiger partial charge is 0.357 e. The summed E-state index contributed by atoms with van der Waals surface area (Å²) in [4.78, 5) is 20.4. The van der Waals surface area contributed by atoms with Crippen molar-refractivity contribution in [1.29, 1.82) is 0 Å². The standard InChI is InChI=1S/C20H20N2O3/c1-4-25-20(23)19-13(2)17(21-12-22-19)10-14-9-15-7-5-6-8-16(15)18(11-14)24-3/h5-9,11-12H,4,10H2,1-3H3. The van der Waals surface area contributed by atoms with E-state index in [9.17, 15) is 4.79 Å². The number of fused-ring (bicyclic) bond motifs is 1. The van der Waals surface area contributed by atoms with E-state index in [0.29, 0.717) is 18.7 Å². The van der Waals surface area contributed by atoms with Crippen LogP contribution in [0.1, 0.15) is 34.2 Å². The Morgan fingerprint density at radius 3 is 2.72 bits per heavy atom. The molecule has 0 aliphatic carbocycles. The van der Waals surface area contributed by atoms with Gasteiger partial charge in [-0.1, -0.05) is 30.3 Å². The van der Waals surface area contributed by atoms with Crippen LogP contribution in [0.5, 0.6) is 5.75 Å². The van der Waals surface area contributed by atoms with Gasteiger partial charge in [0.15, 0.2) is 5.69 Å². The normalized spacial score (nSPS) is 10.7. The number of methoxy groups -OCH3 is 1. The number of nitrogens with zero attached hydrogens (tertiary/aromatic N) is 2. The van der Waals surface area contributed by atoms with Crippen LogP contribution in [0, 0.1) is 6.92 Å². The number of benzene rings is 2. The van der Waals surface area contributed by atoms with Gasteiger partial charge in [-0.15, -0.1) is 0 Å². The van der Waals surface area contributed by atoms with Gasteiger partial charge in [0.2, 0.25) is 0 Å². The first-order valence-corrected chi connectivity index (χ1v) is 8.17. The van der Waals surface area contributed by atoms with Crippen molar-refractivity contribution < 1.29 is 14.3 Å². The average Bonchev–Trinajstić information content (AvgIpc) is 2.63. The predicted molar refractivity (Wildman–Crippen MR) is 96.0 cm³/mol. The quantitative estimate of drug-likeness (QED) is 0.665. The second kappa shape index (κ2) is 7.30. The molecule has 1 aromatic heterocycles. The summed E-state index contributed by atoms with van der Waals surface area (Å²) < 4.78 is 10.6. The van der Waals surface area contributed by atoms with Crippen LogP contribution in [0.2, 0.25) is 0 Å². The highest BCUT2D eigenvalue weighted by Crippen LogP contribution is 2.28. The maximum Gasteiger partial charge on any atom is 0.357 e. The Balaban J connectivity index is 1.99. The molecule has 5 nitrogen and oxygen atoms in total. The third kappa shape index (κ3) is 3.45. The fourth-order valence-electron chi connectivity index (χ4n) is 2.87. The monoisotopic (exact) mass is 336 g/mol. The van der Waals surface area contributed by atoms with Crippen LogP contribution in [-0.2, 0) is 11.2 Å². The lowest BCUT2D eigenvalue weighted by Crippen LogP contribution is -2.12. The fraction of sp³-hybridized carbons (Fsp3) is 0.250. The van der Waals surface area contributed by atoms with Gasteiger partial charge in [0.1, 0.15) is 12.1 Å². The number of rotatable bonds is 5.